The average Bonchev–Trinajstić information content (AvgIpc) is 3.53. The molecule has 308 valence electrons. The van der Waals surface area contributed by atoms with Gasteiger partial charge in [-0.05, 0) is 90.5 Å². The van der Waals surface area contributed by atoms with Gasteiger partial charge in [0.2, 0.25) is 21.8 Å². The van der Waals surface area contributed by atoms with Gasteiger partial charge in [-0.2, -0.15) is 0 Å². The number of nitrogens with one attached hydrogen (secondary N) is 3. The predicted molar refractivity (Wildman–Crippen MR) is 205 cm³/mol. The van der Waals surface area contributed by atoms with Gasteiger partial charge in [0.05, 0.1) is 34.5 Å². The van der Waals surface area contributed by atoms with Crippen LogP contribution in [0.1, 0.15) is 114 Å². The Bertz CT molecular complexity index is 2120. The first-order chi connectivity index (χ1) is 27.1. The number of halogens is 2. The number of rotatable bonds is 5. The molecule has 13 nitrogen and oxygen atoms in total. The summed E-state index contributed by atoms with van der Waals surface area (Å²) in [6.07, 6.45) is 8.95. The van der Waals surface area contributed by atoms with Gasteiger partial charge in [-0.25, -0.2) is 27.0 Å². The third kappa shape index (κ3) is 7.24. The minimum Gasteiger partial charge on any atom is -0.483 e. The minimum atomic E-state index is -4.08. The maximum Gasteiger partial charge on any atom is 0.408 e. The monoisotopic (exact) mass is 811 g/mol. The summed E-state index contributed by atoms with van der Waals surface area (Å²) in [5.41, 5.74) is -3.15. The fourth-order valence-electron chi connectivity index (χ4n) is 9.44. The molecule has 4 fully saturated rings. The molecule has 4 heterocycles. The van der Waals surface area contributed by atoms with E-state index in [0.717, 1.165) is 19.3 Å². The number of carbonyl (C=O) groups is 4. The van der Waals surface area contributed by atoms with E-state index >= 15 is 8.78 Å². The number of nitrogens with zero attached hydrogens (tertiary/aromatic N) is 2. The van der Waals surface area contributed by atoms with Crippen LogP contribution in [0.25, 0.3) is 10.9 Å². The number of sulfonamides is 1. The number of carbonyl (C=O) groups excluding carboxylic acids is 4. The molecule has 5 unspecified atom stereocenters. The molecule has 1 aromatic heterocycles. The normalized spacial score (nSPS) is 31.1. The van der Waals surface area contributed by atoms with Crippen molar-refractivity contribution in [3.63, 3.8) is 0 Å². The molecular formula is C41H51F2N5O8S. The Hall–Kier alpha value is -4.34. The van der Waals surface area contributed by atoms with Crippen LogP contribution in [0, 0.1) is 12.8 Å². The molecule has 3 aliphatic carbocycles. The number of hydrogen-bond acceptors (Lipinski definition) is 9. The van der Waals surface area contributed by atoms with Crippen molar-refractivity contribution in [3.8, 4) is 5.75 Å². The first kappa shape index (κ1) is 39.5. The summed E-state index contributed by atoms with van der Waals surface area (Å²) >= 11 is 0. The highest BCUT2D eigenvalue weighted by atomic mass is 32.2. The molecule has 5 atom stereocenters. The van der Waals surface area contributed by atoms with Crippen molar-refractivity contribution in [1.29, 1.82) is 0 Å². The lowest BCUT2D eigenvalue weighted by molar-refractivity contribution is -0.145. The van der Waals surface area contributed by atoms with Crippen molar-refractivity contribution < 1.29 is 45.9 Å². The fraction of sp³-hybridized carbons (Fsp3) is 0.634. The number of hydrogen-bond donors (Lipinski definition) is 3. The molecule has 3 aliphatic heterocycles. The van der Waals surface area contributed by atoms with Crippen LogP contribution in [-0.4, -0.2) is 82.7 Å². The van der Waals surface area contributed by atoms with E-state index in [4.69, 9.17) is 9.47 Å². The van der Waals surface area contributed by atoms with Gasteiger partial charge in [0, 0.05) is 17.7 Å². The van der Waals surface area contributed by atoms with Crippen LogP contribution >= 0.6 is 0 Å². The van der Waals surface area contributed by atoms with Crippen LogP contribution in [0.4, 0.5) is 13.6 Å². The van der Waals surface area contributed by atoms with E-state index in [0.29, 0.717) is 56.9 Å². The first-order valence-electron chi connectivity index (χ1n) is 20.4. The van der Waals surface area contributed by atoms with Crippen molar-refractivity contribution >= 4 is 44.7 Å². The second-order valence-corrected chi connectivity index (χ2v) is 19.5. The number of amides is 4. The van der Waals surface area contributed by atoms with Gasteiger partial charge < -0.3 is 25.0 Å². The number of pyridine rings is 1. The van der Waals surface area contributed by atoms with Crippen LogP contribution in [0.15, 0.2) is 36.4 Å². The molecule has 1 saturated heterocycles. The summed E-state index contributed by atoms with van der Waals surface area (Å²) in [7, 11) is -4.08. The molecule has 2 aromatic rings. The zero-order chi connectivity index (χ0) is 40.4. The maximum atomic E-state index is 16.7. The average molecular weight is 812 g/mol. The number of alkyl halides is 2. The number of ether oxygens (including phenoxy) is 2. The zero-order valence-corrected chi connectivity index (χ0v) is 33.2. The van der Waals surface area contributed by atoms with Gasteiger partial charge >= 0.3 is 6.09 Å². The molecule has 16 heteroatoms. The highest BCUT2D eigenvalue weighted by molar-refractivity contribution is 7.91. The smallest absolute Gasteiger partial charge is 0.408 e. The molecular weight excluding hydrogens is 761 g/mol. The second kappa shape index (κ2) is 14.5. The van der Waals surface area contributed by atoms with Crippen molar-refractivity contribution in [2.75, 3.05) is 6.54 Å². The van der Waals surface area contributed by atoms with Crippen LogP contribution in [-0.2, 0) is 35.1 Å². The first-order valence-corrected chi connectivity index (χ1v) is 21.8. The molecule has 0 bridgehead atoms. The van der Waals surface area contributed by atoms with E-state index in [1.807, 2.05) is 12.2 Å². The predicted octanol–water partition coefficient (Wildman–Crippen LogP) is 5.58. The Kier molecular flexibility index (Phi) is 10.0. The van der Waals surface area contributed by atoms with E-state index in [9.17, 15) is 27.6 Å². The van der Waals surface area contributed by atoms with Gasteiger partial charge in [-0.1, -0.05) is 43.2 Å². The number of fused-ring (bicyclic) bond motifs is 5. The summed E-state index contributed by atoms with van der Waals surface area (Å²) in [6.45, 7) is 2.71. The third-order valence-corrected chi connectivity index (χ3v) is 15.4. The summed E-state index contributed by atoms with van der Waals surface area (Å²) in [5.74, 6) is -6.48. The number of aromatic nitrogens is 1. The lowest BCUT2D eigenvalue weighted by atomic mass is 9.65. The topological polar surface area (TPSA) is 173 Å². The molecule has 1 aromatic carbocycles. The molecule has 57 heavy (non-hydrogen) atoms. The molecule has 3 N–H and O–H groups in total. The van der Waals surface area contributed by atoms with Crippen LogP contribution in [0.3, 0.4) is 0 Å². The highest BCUT2D eigenvalue weighted by Crippen LogP contribution is 2.54. The van der Waals surface area contributed by atoms with Gasteiger partial charge in [-0.3, -0.25) is 19.1 Å². The molecule has 8 rings (SSSR count). The standard InChI is InChI=1S/C41H51F2N5O8S/c1-25-33-32(28-15-10-11-16-29(28)44-25)41(42,43)23-39(56-33)22-31-34(49)46-40(36(51)47-57(53,54)38(2)20-21-38)19-18-26(40)12-6-4-3-5-7-17-30(35(50)48(31)24-39)45-37(52)55-27-13-8-9-14-27/h6,10-12,15-16,26-27,30-31H,3-5,7-9,13-14,17-24H2,1-2H3,(H,45,52)(H,46,49)(H,47,51). The third-order valence-electron chi connectivity index (χ3n) is 13.2. The Labute approximate surface area is 331 Å². The van der Waals surface area contributed by atoms with Gasteiger partial charge in [0.1, 0.15) is 29.3 Å². The quantitative estimate of drug-likeness (QED) is 0.326. The molecule has 3 saturated carbocycles. The van der Waals surface area contributed by atoms with Crippen molar-refractivity contribution in [3.05, 3.63) is 47.7 Å². The summed E-state index contributed by atoms with van der Waals surface area (Å²) < 4.78 is 73.3. The molecule has 4 amide bonds. The van der Waals surface area contributed by atoms with E-state index in [1.54, 1.807) is 38.1 Å². The van der Waals surface area contributed by atoms with Gasteiger partial charge in [0.15, 0.2) is 5.75 Å². The van der Waals surface area contributed by atoms with E-state index < -0.39 is 86.6 Å². The Balaban J connectivity index is 1.16. The molecule has 6 aliphatic rings. The minimum absolute atomic E-state index is 0.116. The fourth-order valence-corrected chi connectivity index (χ4v) is 10.8. The lowest BCUT2D eigenvalue weighted by Gasteiger charge is -2.48. The lowest BCUT2D eigenvalue weighted by Crippen LogP contribution is -2.70. The number of para-hydroxylation sites is 1. The second-order valence-electron chi connectivity index (χ2n) is 17.3. The van der Waals surface area contributed by atoms with E-state index in [2.05, 4.69) is 20.3 Å². The van der Waals surface area contributed by atoms with Crippen molar-refractivity contribution in [2.45, 2.75) is 150 Å². The number of alkyl carbamates (subject to hydrolysis) is 1. The summed E-state index contributed by atoms with van der Waals surface area (Å²) in [4.78, 5) is 62.6. The zero-order valence-electron chi connectivity index (χ0n) is 32.4. The molecule has 1 spiro atoms. The Morgan fingerprint density at radius 2 is 1.75 bits per heavy atom. The van der Waals surface area contributed by atoms with Crippen molar-refractivity contribution in [2.24, 2.45) is 5.92 Å². The number of aryl methyl sites for hydroxylation is 1. The largest absolute Gasteiger partial charge is 0.483 e. The Morgan fingerprint density at radius 1 is 1.02 bits per heavy atom. The molecule has 0 radical (unpaired) electrons. The summed E-state index contributed by atoms with van der Waals surface area (Å²) in [5, 5.41) is 5.83. The number of benzene rings is 1. The van der Waals surface area contributed by atoms with E-state index in [1.165, 1.54) is 4.90 Å². The van der Waals surface area contributed by atoms with Gasteiger partial charge in [-0.15, -0.1) is 0 Å². The van der Waals surface area contributed by atoms with Crippen LogP contribution in [0.2, 0.25) is 0 Å². The summed E-state index contributed by atoms with van der Waals surface area (Å²) in [6, 6.07) is 4.00. The van der Waals surface area contributed by atoms with Crippen molar-refractivity contribution in [1.82, 2.24) is 25.2 Å². The van der Waals surface area contributed by atoms with Crippen LogP contribution < -0.4 is 20.1 Å². The SMILES string of the molecule is Cc1nc2ccccc2c2c1OC1(CC3C(=O)NC4(C(=O)NS(=O)(=O)C5(C)CC5)CCC4C=CCCCCCC(NC(=O)OC4CCCC4)C(=O)N3C1)CC2(F)F. The number of allylic oxidation sites excluding steroid dienone is 1. The Morgan fingerprint density at radius 3 is 2.47 bits per heavy atom. The van der Waals surface area contributed by atoms with E-state index in [-0.39, 0.29) is 47.8 Å². The van der Waals surface area contributed by atoms with Crippen LogP contribution in [0.5, 0.6) is 5.75 Å². The maximum absolute atomic E-state index is 16.7. The highest BCUT2D eigenvalue weighted by Gasteiger charge is 2.62. The van der Waals surface area contributed by atoms with Gasteiger partial charge in [0.25, 0.3) is 11.8 Å².